The summed E-state index contributed by atoms with van der Waals surface area (Å²) in [5.41, 5.74) is 5.37. The lowest BCUT2D eigenvalue weighted by atomic mass is 10.0. The average Bonchev–Trinajstić information content (AvgIpc) is 3.34. The highest BCUT2D eigenvalue weighted by molar-refractivity contribution is 7.10. The van der Waals surface area contributed by atoms with E-state index >= 15 is 0 Å². The highest BCUT2D eigenvalue weighted by Crippen LogP contribution is 2.29. The number of amides is 1. The van der Waals surface area contributed by atoms with Crippen molar-refractivity contribution in [2.24, 2.45) is 0 Å². The summed E-state index contributed by atoms with van der Waals surface area (Å²) in [6.07, 6.45) is 5.66. The molecule has 152 valence electrons. The zero-order valence-corrected chi connectivity index (χ0v) is 18.0. The van der Waals surface area contributed by atoms with Gasteiger partial charge in [0.1, 0.15) is 5.82 Å². The van der Waals surface area contributed by atoms with Crippen LogP contribution in [0.3, 0.4) is 0 Å². The molecular formula is C22H27N5OS. The third-order valence-corrected chi connectivity index (χ3v) is 6.44. The molecule has 3 aromatic rings. The van der Waals surface area contributed by atoms with Crippen molar-refractivity contribution in [1.29, 1.82) is 0 Å². The molecule has 29 heavy (non-hydrogen) atoms. The second kappa shape index (κ2) is 8.47. The molecule has 2 N–H and O–H groups in total. The summed E-state index contributed by atoms with van der Waals surface area (Å²) in [6, 6.07) is 4.14. The second-order valence-corrected chi connectivity index (χ2v) is 8.63. The van der Waals surface area contributed by atoms with Gasteiger partial charge in [-0.25, -0.2) is 4.98 Å². The van der Waals surface area contributed by atoms with Gasteiger partial charge in [-0.2, -0.15) is 0 Å². The number of aryl methyl sites for hydroxylation is 2. The number of imidazole rings is 1. The molecule has 1 atom stereocenters. The first-order valence-electron chi connectivity index (χ1n) is 10.1. The van der Waals surface area contributed by atoms with E-state index in [-0.39, 0.29) is 11.9 Å². The standard InChI is InChI=1S/C22H27N5OS/c1-4-16-5-6-17(23-10-16)11-27-8-7-18-19(13-29-20(18)12-27)22(28)26-15(3)21-24-9-14(2)25-21/h5-6,9-10,13,15H,4,7-8,11-12H2,1-3H3,(H,24,25)(H,26,28)/t15-/m0/s1. The molecule has 7 heteroatoms. The zero-order chi connectivity index (χ0) is 20.4. The minimum atomic E-state index is -0.149. The van der Waals surface area contributed by atoms with Crippen LogP contribution in [0.4, 0.5) is 0 Å². The number of H-pyrrole nitrogens is 1. The van der Waals surface area contributed by atoms with Crippen molar-refractivity contribution in [3.63, 3.8) is 0 Å². The highest BCUT2D eigenvalue weighted by atomic mass is 32.1. The summed E-state index contributed by atoms with van der Waals surface area (Å²) >= 11 is 1.68. The van der Waals surface area contributed by atoms with E-state index in [2.05, 4.69) is 44.2 Å². The van der Waals surface area contributed by atoms with Crippen LogP contribution in [0.15, 0.2) is 29.9 Å². The van der Waals surface area contributed by atoms with Crippen molar-refractivity contribution >= 4 is 17.2 Å². The molecule has 0 aliphatic carbocycles. The Morgan fingerprint density at radius 1 is 1.34 bits per heavy atom. The maximum Gasteiger partial charge on any atom is 0.252 e. The molecule has 4 heterocycles. The summed E-state index contributed by atoms with van der Waals surface area (Å²) in [7, 11) is 0. The molecule has 1 aliphatic rings. The molecule has 0 radical (unpaired) electrons. The number of fused-ring (bicyclic) bond motifs is 1. The molecule has 4 rings (SSSR count). The predicted octanol–water partition coefficient (Wildman–Crippen LogP) is 3.79. The number of carbonyl (C=O) groups is 1. The van der Waals surface area contributed by atoms with Crippen molar-refractivity contribution in [3.05, 3.63) is 68.7 Å². The summed E-state index contributed by atoms with van der Waals surface area (Å²) in [5.74, 6) is 0.766. The van der Waals surface area contributed by atoms with E-state index in [9.17, 15) is 4.79 Å². The molecule has 0 fully saturated rings. The lowest BCUT2D eigenvalue weighted by Crippen LogP contribution is -2.32. The van der Waals surface area contributed by atoms with Crippen molar-refractivity contribution in [2.75, 3.05) is 6.54 Å². The van der Waals surface area contributed by atoms with E-state index in [4.69, 9.17) is 0 Å². The van der Waals surface area contributed by atoms with Crippen LogP contribution in [0.25, 0.3) is 0 Å². The average molecular weight is 410 g/mol. The Kier molecular flexibility index (Phi) is 5.78. The Bertz CT molecular complexity index is 991. The zero-order valence-electron chi connectivity index (χ0n) is 17.2. The van der Waals surface area contributed by atoms with E-state index < -0.39 is 0 Å². The van der Waals surface area contributed by atoms with Crippen molar-refractivity contribution in [2.45, 2.75) is 52.7 Å². The topological polar surface area (TPSA) is 73.9 Å². The Morgan fingerprint density at radius 2 is 2.21 bits per heavy atom. The summed E-state index contributed by atoms with van der Waals surface area (Å²) in [4.78, 5) is 28.6. The quantitative estimate of drug-likeness (QED) is 0.650. The van der Waals surface area contributed by atoms with E-state index in [1.54, 1.807) is 17.5 Å². The predicted molar refractivity (Wildman–Crippen MR) is 115 cm³/mol. The fraction of sp³-hybridized carbons (Fsp3) is 0.409. The Labute approximate surface area is 175 Å². The Hall–Kier alpha value is -2.51. The molecular weight excluding hydrogens is 382 g/mol. The van der Waals surface area contributed by atoms with Crippen LogP contribution in [-0.2, 0) is 25.9 Å². The van der Waals surface area contributed by atoms with Gasteiger partial charge in [0.2, 0.25) is 0 Å². The summed E-state index contributed by atoms with van der Waals surface area (Å²) in [5, 5.41) is 5.07. The van der Waals surface area contributed by atoms with Gasteiger partial charge in [0, 0.05) is 48.0 Å². The van der Waals surface area contributed by atoms with E-state index in [0.717, 1.165) is 55.3 Å². The number of nitrogens with one attached hydrogen (secondary N) is 2. The van der Waals surface area contributed by atoms with Crippen LogP contribution < -0.4 is 5.32 Å². The first kappa shape index (κ1) is 19.8. The van der Waals surface area contributed by atoms with Crippen molar-refractivity contribution < 1.29 is 4.79 Å². The fourth-order valence-electron chi connectivity index (χ4n) is 3.69. The number of hydrogen-bond acceptors (Lipinski definition) is 5. The number of nitrogens with zero attached hydrogens (tertiary/aromatic N) is 3. The number of thiophene rings is 1. The first-order chi connectivity index (χ1) is 14.0. The molecule has 3 aromatic heterocycles. The maximum atomic E-state index is 12.8. The number of hydrogen-bond donors (Lipinski definition) is 2. The lowest BCUT2D eigenvalue weighted by Gasteiger charge is -2.27. The van der Waals surface area contributed by atoms with Crippen molar-refractivity contribution in [1.82, 2.24) is 25.2 Å². The molecule has 0 aromatic carbocycles. The van der Waals surface area contributed by atoms with Crippen LogP contribution in [0.2, 0.25) is 0 Å². The minimum absolute atomic E-state index is 0.0191. The number of carbonyl (C=O) groups excluding carboxylic acids is 1. The number of aromatic nitrogens is 3. The summed E-state index contributed by atoms with van der Waals surface area (Å²) < 4.78 is 0. The molecule has 0 spiro atoms. The van der Waals surface area contributed by atoms with Crippen LogP contribution >= 0.6 is 11.3 Å². The molecule has 0 saturated carbocycles. The third kappa shape index (κ3) is 4.41. The van der Waals surface area contributed by atoms with Gasteiger partial charge in [0.15, 0.2) is 0 Å². The maximum absolute atomic E-state index is 12.8. The largest absolute Gasteiger partial charge is 0.344 e. The minimum Gasteiger partial charge on any atom is -0.344 e. The number of rotatable bonds is 6. The number of aromatic amines is 1. The van der Waals surface area contributed by atoms with E-state index in [1.807, 2.05) is 25.4 Å². The molecule has 1 aliphatic heterocycles. The van der Waals surface area contributed by atoms with Crippen molar-refractivity contribution in [3.8, 4) is 0 Å². The smallest absolute Gasteiger partial charge is 0.252 e. The second-order valence-electron chi connectivity index (χ2n) is 7.67. The molecule has 0 bridgehead atoms. The SMILES string of the molecule is CCc1ccc(CN2CCc3c(C(=O)N[C@@H](C)c4ncc(C)[nH]4)csc3C2)nc1. The van der Waals surface area contributed by atoms with Gasteiger partial charge in [-0.3, -0.25) is 14.7 Å². The lowest BCUT2D eigenvalue weighted by molar-refractivity contribution is 0.0937. The first-order valence-corrected chi connectivity index (χ1v) is 11.0. The monoisotopic (exact) mass is 409 g/mol. The van der Waals surface area contributed by atoms with Crippen LogP contribution in [0.1, 0.15) is 63.5 Å². The van der Waals surface area contributed by atoms with Gasteiger partial charge < -0.3 is 10.3 Å². The summed E-state index contributed by atoms with van der Waals surface area (Å²) in [6.45, 7) is 8.71. The molecule has 6 nitrogen and oxygen atoms in total. The van der Waals surface area contributed by atoms with Gasteiger partial charge in [-0.15, -0.1) is 11.3 Å². The third-order valence-electron chi connectivity index (χ3n) is 5.43. The van der Waals surface area contributed by atoms with E-state index in [0.29, 0.717) is 0 Å². The van der Waals surface area contributed by atoms with Gasteiger partial charge in [-0.1, -0.05) is 13.0 Å². The van der Waals surface area contributed by atoms with E-state index in [1.165, 1.54) is 16.0 Å². The molecule has 1 amide bonds. The normalized spacial score (nSPS) is 15.1. The van der Waals surface area contributed by atoms with Crippen LogP contribution in [0.5, 0.6) is 0 Å². The molecule has 0 saturated heterocycles. The highest BCUT2D eigenvalue weighted by Gasteiger charge is 2.25. The molecule has 0 unspecified atom stereocenters. The fourth-order valence-corrected chi connectivity index (χ4v) is 4.81. The van der Waals surface area contributed by atoms with Gasteiger partial charge in [-0.05, 0) is 43.9 Å². The Morgan fingerprint density at radius 3 is 2.90 bits per heavy atom. The van der Waals surface area contributed by atoms with Gasteiger partial charge in [0.05, 0.1) is 17.3 Å². The Balaban J connectivity index is 1.40. The van der Waals surface area contributed by atoms with Crippen LogP contribution in [0, 0.1) is 6.92 Å². The number of pyridine rings is 1. The van der Waals surface area contributed by atoms with Crippen LogP contribution in [-0.4, -0.2) is 32.3 Å². The van der Waals surface area contributed by atoms with Gasteiger partial charge >= 0.3 is 0 Å². The van der Waals surface area contributed by atoms with Gasteiger partial charge in [0.25, 0.3) is 5.91 Å².